The van der Waals surface area contributed by atoms with Crippen molar-refractivity contribution in [3.8, 4) is 5.75 Å². The standard InChI is InChI=1S/C23H30N4O3S.HI/c1-24-23(27-14-13-19(16-27)18-5-9-21(30-2)10-6-18)25-15-17-3-11-22(12-4-17)31(28,29)26-20-7-8-20;/h3-6,9-12,19-20,26H,7-8,13-16H2,1-2H3,(H,24,25);1H. The molecule has 2 aromatic rings. The number of halogens is 1. The number of benzene rings is 2. The molecule has 1 saturated carbocycles. The Morgan fingerprint density at radius 3 is 2.38 bits per heavy atom. The third-order valence-corrected chi connectivity index (χ3v) is 7.41. The SMILES string of the molecule is CN=C(NCc1ccc(S(=O)(=O)NC2CC2)cc1)N1CCC(c2ccc(OC)cc2)C1.I. The van der Waals surface area contributed by atoms with Crippen LogP contribution in [0.5, 0.6) is 5.75 Å². The van der Waals surface area contributed by atoms with Gasteiger partial charge in [0.05, 0.1) is 12.0 Å². The molecule has 0 radical (unpaired) electrons. The highest BCUT2D eigenvalue weighted by atomic mass is 127. The molecule has 2 aromatic carbocycles. The highest BCUT2D eigenvalue weighted by Crippen LogP contribution is 2.28. The summed E-state index contributed by atoms with van der Waals surface area (Å²) < 4.78 is 32.6. The normalized spacial score (nSPS) is 18.9. The second-order valence-electron chi connectivity index (χ2n) is 8.15. The molecule has 1 aliphatic heterocycles. The van der Waals surface area contributed by atoms with Crippen molar-refractivity contribution in [1.82, 2.24) is 14.9 Å². The zero-order valence-corrected chi connectivity index (χ0v) is 21.6. The molecule has 0 amide bonds. The second-order valence-corrected chi connectivity index (χ2v) is 9.86. The first kappa shape index (κ1) is 24.8. The molecule has 1 heterocycles. The van der Waals surface area contributed by atoms with E-state index in [0.29, 0.717) is 17.4 Å². The van der Waals surface area contributed by atoms with Crippen LogP contribution in [0.25, 0.3) is 0 Å². The first-order valence-electron chi connectivity index (χ1n) is 10.7. The van der Waals surface area contributed by atoms with Gasteiger partial charge in [-0.15, -0.1) is 24.0 Å². The molecule has 0 aromatic heterocycles. The number of hydrogen-bond donors (Lipinski definition) is 2. The van der Waals surface area contributed by atoms with Gasteiger partial charge in [0.1, 0.15) is 5.75 Å². The molecule has 0 spiro atoms. The van der Waals surface area contributed by atoms with Gasteiger partial charge >= 0.3 is 0 Å². The van der Waals surface area contributed by atoms with Crippen LogP contribution in [0.1, 0.15) is 36.3 Å². The molecular formula is C23H31IN4O3S. The van der Waals surface area contributed by atoms with Crippen LogP contribution in [0.4, 0.5) is 0 Å². The fraction of sp³-hybridized carbons (Fsp3) is 0.435. The topological polar surface area (TPSA) is 83.0 Å². The summed E-state index contributed by atoms with van der Waals surface area (Å²) in [6, 6.07) is 15.4. The van der Waals surface area contributed by atoms with Crippen molar-refractivity contribution in [3.05, 3.63) is 59.7 Å². The minimum absolute atomic E-state index is 0. The van der Waals surface area contributed by atoms with Crippen molar-refractivity contribution in [2.45, 2.75) is 42.7 Å². The number of aliphatic imine (C=N–C) groups is 1. The van der Waals surface area contributed by atoms with Gasteiger partial charge in [-0.2, -0.15) is 0 Å². The molecule has 32 heavy (non-hydrogen) atoms. The van der Waals surface area contributed by atoms with Crippen LogP contribution in [-0.2, 0) is 16.6 Å². The molecule has 2 N–H and O–H groups in total. The lowest BCUT2D eigenvalue weighted by Gasteiger charge is -2.22. The van der Waals surface area contributed by atoms with E-state index in [2.05, 4.69) is 32.1 Å². The van der Waals surface area contributed by atoms with Gasteiger partial charge in [0.25, 0.3) is 0 Å². The van der Waals surface area contributed by atoms with Crippen LogP contribution in [0.3, 0.4) is 0 Å². The molecule has 1 aliphatic carbocycles. The number of nitrogens with zero attached hydrogens (tertiary/aromatic N) is 2. The van der Waals surface area contributed by atoms with E-state index in [9.17, 15) is 8.42 Å². The average Bonchev–Trinajstić information content (AvgIpc) is 3.45. The molecular weight excluding hydrogens is 539 g/mol. The number of rotatable bonds is 7. The molecule has 174 valence electrons. The number of methoxy groups -OCH3 is 1. The van der Waals surface area contributed by atoms with Gasteiger partial charge in [0.2, 0.25) is 10.0 Å². The van der Waals surface area contributed by atoms with Gasteiger partial charge < -0.3 is 15.0 Å². The molecule has 1 saturated heterocycles. The van der Waals surface area contributed by atoms with Gasteiger partial charge in [0, 0.05) is 38.6 Å². The van der Waals surface area contributed by atoms with Crippen molar-refractivity contribution < 1.29 is 13.2 Å². The Hall–Kier alpha value is -1.85. The summed E-state index contributed by atoms with van der Waals surface area (Å²) >= 11 is 0. The zero-order chi connectivity index (χ0) is 21.8. The number of ether oxygens (including phenoxy) is 1. The van der Waals surface area contributed by atoms with Gasteiger partial charge in [-0.25, -0.2) is 13.1 Å². The van der Waals surface area contributed by atoms with Gasteiger partial charge in [0.15, 0.2) is 5.96 Å². The Labute approximate surface area is 207 Å². The summed E-state index contributed by atoms with van der Waals surface area (Å²) in [4.78, 5) is 7.03. The van der Waals surface area contributed by atoms with E-state index in [1.807, 2.05) is 24.3 Å². The van der Waals surface area contributed by atoms with Crippen LogP contribution in [0.2, 0.25) is 0 Å². The van der Waals surface area contributed by atoms with E-state index in [1.165, 1.54) is 5.56 Å². The van der Waals surface area contributed by atoms with E-state index in [0.717, 1.165) is 49.6 Å². The number of hydrogen-bond acceptors (Lipinski definition) is 4. The third-order valence-electron chi connectivity index (χ3n) is 5.87. The van der Waals surface area contributed by atoms with E-state index >= 15 is 0 Å². The maximum Gasteiger partial charge on any atom is 0.240 e. The van der Waals surface area contributed by atoms with Crippen LogP contribution in [0.15, 0.2) is 58.4 Å². The average molecular weight is 570 g/mol. The zero-order valence-electron chi connectivity index (χ0n) is 18.5. The number of likely N-dealkylation sites (tertiary alicyclic amines) is 1. The predicted octanol–water partition coefficient (Wildman–Crippen LogP) is 3.32. The Kier molecular flexibility index (Phi) is 8.40. The van der Waals surface area contributed by atoms with Crippen LogP contribution in [0, 0.1) is 0 Å². The van der Waals surface area contributed by atoms with Crippen molar-refractivity contribution >= 4 is 40.0 Å². The summed E-state index contributed by atoms with van der Waals surface area (Å²) in [7, 11) is 0.0639. The van der Waals surface area contributed by atoms with Gasteiger partial charge in [-0.05, 0) is 54.7 Å². The van der Waals surface area contributed by atoms with E-state index in [4.69, 9.17) is 4.74 Å². The lowest BCUT2D eigenvalue weighted by molar-refractivity contribution is 0.414. The van der Waals surface area contributed by atoms with Crippen LogP contribution >= 0.6 is 24.0 Å². The third kappa shape index (κ3) is 6.14. The number of nitrogens with one attached hydrogen (secondary N) is 2. The largest absolute Gasteiger partial charge is 0.497 e. The van der Waals surface area contributed by atoms with Gasteiger partial charge in [-0.1, -0.05) is 24.3 Å². The molecule has 2 aliphatic rings. The predicted molar refractivity (Wildman–Crippen MR) is 137 cm³/mol. The highest BCUT2D eigenvalue weighted by molar-refractivity contribution is 14.0. The molecule has 1 unspecified atom stereocenters. The fourth-order valence-electron chi connectivity index (χ4n) is 3.89. The Morgan fingerprint density at radius 1 is 1.09 bits per heavy atom. The Bertz CT molecular complexity index is 1020. The molecule has 1 atom stereocenters. The van der Waals surface area contributed by atoms with E-state index in [1.54, 1.807) is 26.3 Å². The summed E-state index contributed by atoms with van der Waals surface area (Å²) in [6.07, 6.45) is 2.93. The lowest BCUT2D eigenvalue weighted by atomic mass is 9.98. The minimum Gasteiger partial charge on any atom is -0.497 e. The van der Waals surface area contributed by atoms with Crippen LogP contribution in [-0.4, -0.2) is 52.6 Å². The maximum atomic E-state index is 12.3. The summed E-state index contributed by atoms with van der Waals surface area (Å²) in [5.74, 6) is 2.20. The van der Waals surface area contributed by atoms with Crippen molar-refractivity contribution in [2.75, 3.05) is 27.2 Å². The Balaban J connectivity index is 0.00000289. The quantitative estimate of drug-likeness (QED) is 0.303. The molecule has 7 nitrogen and oxygen atoms in total. The monoisotopic (exact) mass is 570 g/mol. The smallest absolute Gasteiger partial charge is 0.240 e. The van der Waals surface area contributed by atoms with Crippen molar-refractivity contribution in [3.63, 3.8) is 0 Å². The van der Waals surface area contributed by atoms with Crippen molar-refractivity contribution in [1.29, 1.82) is 0 Å². The molecule has 0 bridgehead atoms. The summed E-state index contributed by atoms with van der Waals surface area (Å²) in [5.41, 5.74) is 2.33. The molecule has 4 rings (SSSR count). The van der Waals surface area contributed by atoms with E-state index in [-0.39, 0.29) is 30.0 Å². The summed E-state index contributed by atoms with van der Waals surface area (Å²) in [5, 5.41) is 3.41. The summed E-state index contributed by atoms with van der Waals surface area (Å²) in [6.45, 7) is 2.45. The second kappa shape index (κ2) is 10.8. The van der Waals surface area contributed by atoms with Crippen molar-refractivity contribution in [2.24, 2.45) is 4.99 Å². The fourth-order valence-corrected chi connectivity index (χ4v) is 5.19. The maximum absolute atomic E-state index is 12.3. The first-order chi connectivity index (χ1) is 15.0. The molecule has 2 fully saturated rings. The lowest BCUT2D eigenvalue weighted by Crippen LogP contribution is -2.39. The highest BCUT2D eigenvalue weighted by Gasteiger charge is 2.28. The van der Waals surface area contributed by atoms with E-state index < -0.39 is 10.0 Å². The Morgan fingerprint density at radius 2 is 1.78 bits per heavy atom. The van der Waals surface area contributed by atoms with Crippen LogP contribution < -0.4 is 14.8 Å². The molecule has 9 heteroatoms. The van der Waals surface area contributed by atoms with Gasteiger partial charge in [-0.3, -0.25) is 4.99 Å². The minimum atomic E-state index is -3.41. The first-order valence-corrected chi connectivity index (χ1v) is 12.2. The number of sulfonamides is 1. The number of guanidine groups is 1.